The molecule has 0 atom stereocenters. The summed E-state index contributed by atoms with van der Waals surface area (Å²) in [6, 6.07) is 0. The Bertz CT molecular complexity index is 391. The zero-order chi connectivity index (χ0) is 12.3. The largest absolute Gasteiger partial charge is 0.297 e. The number of hydrogen-bond donors (Lipinski definition) is 0. The molecule has 4 nitrogen and oxygen atoms in total. The van der Waals surface area contributed by atoms with Crippen molar-refractivity contribution in [3.8, 4) is 0 Å². The van der Waals surface area contributed by atoms with E-state index in [-0.39, 0.29) is 5.92 Å². The highest BCUT2D eigenvalue weighted by molar-refractivity contribution is 5.81. The van der Waals surface area contributed by atoms with Crippen molar-refractivity contribution >= 4 is 5.78 Å². The molecule has 94 valence electrons. The van der Waals surface area contributed by atoms with Gasteiger partial charge in [0.2, 0.25) is 0 Å². The number of Topliss-reactive ketones (excluding diaryl/α,β-unsaturated/α-hetero) is 1. The Morgan fingerprint density at radius 1 is 1.29 bits per heavy atom. The number of nitrogens with zero attached hydrogens (tertiary/aromatic N) is 3. The monoisotopic (exact) mass is 235 g/mol. The lowest BCUT2D eigenvalue weighted by Gasteiger charge is -2.08. The first-order chi connectivity index (χ1) is 8.24. The van der Waals surface area contributed by atoms with Gasteiger partial charge in [0.1, 0.15) is 12.4 Å². The van der Waals surface area contributed by atoms with E-state index in [0.717, 1.165) is 37.3 Å². The first kappa shape index (κ1) is 12.3. The second-order valence-corrected chi connectivity index (χ2v) is 4.76. The van der Waals surface area contributed by atoms with Crippen LogP contribution in [0.5, 0.6) is 0 Å². The fourth-order valence-corrected chi connectivity index (χ4v) is 2.49. The zero-order valence-electron chi connectivity index (χ0n) is 10.8. The van der Waals surface area contributed by atoms with E-state index in [4.69, 9.17) is 0 Å². The number of hydrogen-bond acceptors (Lipinski definition) is 3. The smallest absolute Gasteiger partial charge is 0.157 e. The van der Waals surface area contributed by atoms with Crippen LogP contribution in [0.3, 0.4) is 0 Å². The highest BCUT2D eigenvalue weighted by atomic mass is 16.1. The van der Waals surface area contributed by atoms with E-state index in [0.29, 0.717) is 12.3 Å². The van der Waals surface area contributed by atoms with E-state index in [1.807, 2.05) is 6.92 Å². The molecule has 17 heavy (non-hydrogen) atoms. The highest BCUT2D eigenvalue weighted by Gasteiger charge is 2.23. The standard InChI is InChI=1S/C13H21N3O/c1-3-12-14-13(4-2)16(15-12)9-11(17)10-7-5-6-8-10/h10H,3-9H2,1-2H3. The van der Waals surface area contributed by atoms with Gasteiger partial charge in [-0.1, -0.05) is 26.7 Å². The Hall–Kier alpha value is -1.19. The maximum atomic E-state index is 12.1. The van der Waals surface area contributed by atoms with Gasteiger partial charge in [-0.15, -0.1) is 0 Å². The lowest BCUT2D eigenvalue weighted by Crippen LogP contribution is -2.20. The van der Waals surface area contributed by atoms with Crippen LogP contribution in [0.1, 0.15) is 51.2 Å². The van der Waals surface area contributed by atoms with Gasteiger partial charge >= 0.3 is 0 Å². The molecule has 1 fully saturated rings. The van der Waals surface area contributed by atoms with Crippen molar-refractivity contribution in [1.82, 2.24) is 14.8 Å². The highest BCUT2D eigenvalue weighted by Crippen LogP contribution is 2.25. The van der Waals surface area contributed by atoms with Crippen molar-refractivity contribution in [2.24, 2.45) is 5.92 Å². The van der Waals surface area contributed by atoms with Crippen molar-refractivity contribution in [2.75, 3.05) is 0 Å². The van der Waals surface area contributed by atoms with E-state index in [2.05, 4.69) is 17.0 Å². The molecule has 0 bridgehead atoms. The predicted octanol–water partition coefficient (Wildman–Crippen LogP) is 2.16. The van der Waals surface area contributed by atoms with Crippen LogP contribution in [-0.2, 0) is 24.2 Å². The van der Waals surface area contributed by atoms with Gasteiger partial charge in [0.25, 0.3) is 0 Å². The molecule has 0 spiro atoms. The molecule has 0 aromatic carbocycles. The summed E-state index contributed by atoms with van der Waals surface area (Å²) in [5.41, 5.74) is 0. The Morgan fingerprint density at radius 2 is 2.00 bits per heavy atom. The molecular weight excluding hydrogens is 214 g/mol. The summed E-state index contributed by atoms with van der Waals surface area (Å²) in [4.78, 5) is 16.5. The Morgan fingerprint density at radius 3 is 2.59 bits per heavy atom. The molecule has 4 heteroatoms. The molecule has 0 radical (unpaired) electrons. The quantitative estimate of drug-likeness (QED) is 0.785. The first-order valence-electron chi connectivity index (χ1n) is 6.69. The van der Waals surface area contributed by atoms with Gasteiger partial charge in [-0.3, -0.25) is 4.79 Å². The van der Waals surface area contributed by atoms with Crippen LogP contribution in [0.4, 0.5) is 0 Å². The third kappa shape index (κ3) is 2.73. The molecule has 0 amide bonds. The number of ketones is 1. The molecule has 1 aromatic heterocycles. The minimum Gasteiger partial charge on any atom is -0.297 e. The van der Waals surface area contributed by atoms with Crippen LogP contribution in [0, 0.1) is 5.92 Å². The van der Waals surface area contributed by atoms with Crippen molar-refractivity contribution in [2.45, 2.75) is 58.9 Å². The maximum Gasteiger partial charge on any atom is 0.157 e. The number of carbonyl (C=O) groups excluding carboxylic acids is 1. The van der Waals surface area contributed by atoms with Gasteiger partial charge in [-0.2, -0.15) is 5.10 Å². The van der Waals surface area contributed by atoms with Crippen LogP contribution >= 0.6 is 0 Å². The molecule has 1 heterocycles. The van der Waals surface area contributed by atoms with E-state index >= 15 is 0 Å². The van der Waals surface area contributed by atoms with Gasteiger partial charge in [-0.25, -0.2) is 9.67 Å². The summed E-state index contributed by atoms with van der Waals surface area (Å²) in [5.74, 6) is 2.40. The number of aryl methyl sites for hydroxylation is 2. The van der Waals surface area contributed by atoms with E-state index in [9.17, 15) is 4.79 Å². The van der Waals surface area contributed by atoms with Crippen LogP contribution < -0.4 is 0 Å². The summed E-state index contributed by atoms with van der Waals surface area (Å²) in [5, 5.41) is 4.40. The molecule has 2 rings (SSSR count). The van der Waals surface area contributed by atoms with Crippen LogP contribution in [0.15, 0.2) is 0 Å². The maximum absolute atomic E-state index is 12.1. The minimum absolute atomic E-state index is 0.272. The average Bonchev–Trinajstić information content (AvgIpc) is 2.97. The summed E-state index contributed by atoms with van der Waals surface area (Å²) < 4.78 is 1.81. The van der Waals surface area contributed by atoms with Crippen LogP contribution in [0.2, 0.25) is 0 Å². The van der Waals surface area contributed by atoms with Crippen LogP contribution in [-0.4, -0.2) is 20.5 Å². The summed E-state index contributed by atoms with van der Waals surface area (Å²) >= 11 is 0. The molecule has 1 saturated carbocycles. The second kappa shape index (κ2) is 5.43. The van der Waals surface area contributed by atoms with E-state index < -0.39 is 0 Å². The van der Waals surface area contributed by atoms with Crippen molar-refractivity contribution < 1.29 is 4.79 Å². The fraction of sp³-hybridized carbons (Fsp3) is 0.769. The van der Waals surface area contributed by atoms with Gasteiger partial charge in [0, 0.05) is 18.8 Å². The fourth-order valence-electron chi connectivity index (χ4n) is 2.49. The average molecular weight is 235 g/mol. The Kier molecular flexibility index (Phi) is 3.92. The summed E-state index contributed by atoms with van der Waals surface area (Å²) in [6.07, 6.45) is 6.21. The molecule has 1 aliphatic rings. The van der Waals surface area contributed by atoms with Crippen molar-refractivity contribution in [1.29, 1.82) is 0 Å². The normalized spacial score (nSPS) is 16.6. The predicted molar refractivity (Wildman–Crippen MR) is 65.7 cm³/mol. The Balaban J connectivity index is 2.06. The van der Waals surface area contributed by atoms with Crippen molar-refractivity contribution in [3.63, 3.8) is 0 Å². The molecular formula is C13H21N3O. The second-order valence-electron chi connectivity index (χ2n) is 4.76. The van der Waals surface area contributed by atoms with Gasteiger partial charge in [0.05, 0.1) is 0 Å². The first-order valence-corrected chi connectivity index (χ1v) is 6.69. The topological polar surface area (TPSA) is 47.8 Å². The van der Waals surface area contributed by atoms with E-state index in [1.54, 1.807) is 4.68 Å². The lowest BCUT2D eigenvalue weighted by molar-refractivity contribution is -0.123. The zero-order valence-corrected chi connectivity index (χ0v) is 10.8. The van der Waals surface area contributed by atoms with Crippen LogP contribution in [0.25, 0.3) is 0 Å². The van der Waals surface area contributed by atoms with Crippen molar-refractivity contribution in [3.05, 3.63) is 11.6 Å². The molecule has 0 N–H and O–H groups in total. The number of aromatic nitrogens is 3. The third-order valence-electron chi connectivity index (χ3n) is 3.54. The third-order valence-corrected chi connectivity index (χ3v) is 3.54. The molecule has 0 unspecified atom stereocenters. The SMILES string of the molecule is CCc1nc(CC)n(CC(=O)C2CCCC2)n1. The summed E-state index contributed by atoms with van der Waals surface area (Å²) in [6.45, 7) is 4.51. The number of carbonyl (C=O) groups is 1. The molecule has 1 aromatic rings. The molecule has 0 aliphatic heterocycles. The molecule has 1 aliphatic carbocycles. The minimum atomic E-state index is 0.272. The van der Waals surface area contributed by atoms with E-state index in [1.165, 1.54) is 12.8 Å². The van der Waals surface area contributed by atoms with Gasteiger partial charge in [-0.05, 0) is 12.8 Å². The summed E-state index contributed by atoms with van der Waals surface area (Å²) in [7, 11) is 0. The van der Waals surface area contributed by atoms with Gasteiger partial charge < -0.3 is 0 Å². The molecule has 0 saturated heterocycles. The number of rotatable bonds is 5. The Labute approximate surface area is 102 Å². The lowest BCUT2D eigenvalue weighted by atomic mass is 10.0. The van der Waals surface area contributed by atoms with Gasteiger partial charge in [0.15, 0.2) is 11.6 Å².